The zero-order valence-corrected chi connectivity index (χ0v) is 8.81. The number of carbonyl (C=O) groups is 1. The maximum Gasteiger partial charge on any atom is 0.220 e. The van der Waals surface area contributed by atoms with Crippen LogP contribution in [0.4, 0.5) is 0 Å². The standard InChI is InChI=1S/C10H16N4O/c1-2-14-6-12-5-8(14)10-7(11)3-4-9(15)13-10/h5-7,10H,2-4,11H2,1H3,(H,13,15). The lowest BCUT2D eigenvalue weighted by Gasteiger charge is -2.29. The number of aryl methyl sites for hydroxylation is 1. The number of hydrogen-bond acceptors (Lipinski definition) is 3. The quantitative estimate of drug-likeness (QED) is 0.728. The summed E-state index contributed by atoms with van der Waals surface area (Å²) in [5.41, 5.74) is 7.00. The summed E-state index contributed by atoms with van der Waals surface area (Å²) in [5, 5.41) is 2.92. The number of amides is 1. The number of nitrogens with zero attached hydrogens (tertiary/aromatic N) is 2. The molecule has 2 unspecified atom stereocenters. The first-order chi connectivity index (χ1) is 7.22. The van der Waals surface area contributed by atoms with Gasteiger partial charge < -0.3 is 15.6 Å². The summed E-state index contributed by atoms with van der Waals surface area (Å²) in [7, 11) is 0. The molecule has 5 nitrogen and oxygen atoms in total. The molecule has 1 aliphatic rings. The van der Waals surface area contributed by atoms with Gasteiger partial charge in [-0.2, -0.15) is 0 Å². The van der Waals surface area contributed by atoms with E-state index in [4.69, 9.17) is 5.73 Å². The van der Waals surface area contributed by atoms with E-state index < -0.39 is 0 Å². The molecule has 0 aliphatic carbocycles. The summed E-state index contributed by atoms with van der Waals surface area (Å²) in [4.78, 5) is 15.4. The minimum absolute atomic E-state index is 0.00954. The van der Waals surface area contributed by atoms with Crippen molar-refractivity contribution in [2.45, 2.75) is 38.4 Å². The van der Waals surface area contributed by atoms with E-state index in [2.05, 4.69) is 10.3 Å². The molecule has 3 N–H and O–H groups in total. The summed E-state index contributed by atoms with van der Waals surface area (Å²) in [5.74, 6) is 0.0746. The van der Waals surface area contributed by atoms with E-state index in [0.717, 1.165) is 18.7 Å². The van der Waals surface area contributed by atoms with Crippen LogP contribution < -0.4 is 11.1 Å². The smallest absolute Gasteiger partial charge is 0.220 e. The van der Waals surface area contributed by atoms with Crippen molar-refractivity contribution in [1.82, 2.24) is 14.9 Å². The third-order valence-corrected chi connectivity index (χ3v) is 2.85. The van der Waals surface area contributed by atoms with Crippen LogP contribution in [0, 0.1) is 0 Å². The summed E-state index contributed by atoms with van der Waals surface area (Å²) >= 11 is 0. The van der Waals surface area contributed by atoms with Crippen LogP contribution >= 0.6 is 0 Å². The first-order valence-electron chi connectivity index (χ1n) is 5.27. The van der Waals surface area contributed by atoms with E-state index in [-0.39, 0.29) is 18.0 Å². The Bertz CT molecular complexity index is 360. The van der Waals surface area contributed by atoms with Crippen LogP contribution in [0.1, 0.15) is 31.5 Å². The number of aromatic nitrogens is 2. The first-order valence-corrected chi connectivity index (χ1v) is 5.27. The van der Waals surface area contributed by atoms with Crippen LogP contribution in [0.3, 0.4) is 0 Å². The van der Waals surface area contributed by atoms with Crippen molar-refractivity contribution >= 4 is 5.91 Å². The van der Waals surface area contributed by atoms with E-state index >= 15 is 0 Å². The molecule has 2 heterocycles. The number of rotatable bonds is 2. The van der Waals surface area contributed by atoms with Crippen molar-refractivity contribution in [3.63, 3.8) is 0 Å². The highest BCUT2D eigenvalue weighted by Crippen LogP contribution is 2.22. The van der Waals surface area contributed by atoms with Gasteiger partial charge in [-0.1, -0.05) is 0 Å². The molecule has 2 atom stereocenters. The van der Waals surface area contributed by atoms with Gasteiger partial charge >= 0.3 is 0 Å². The Morgan fingerprint density at radius 2 is 2.53 bits per heavy atom. The minimum Gasteiger partial charge on any atom is -0.346 e. The minimum atomic E-state index is -0.0892. The largest absolute Gasteiger partial charge is 0.346 e. The lowest BCUT2D eigenvalue weighted by molar-refractivity contribution is -0.123. The molecule has 0 saturated carbocycles. The van der Waals surface area contributed by atoms with Gasteiger partial charge in [0.15, 0.2) is 0 Å². The Morgan fingerprint density at radius 1 is 1.73 bits per heavy atom. The van der Waals surface area contributed by atoms with Crippen LogP contribution in [0.2, 0.25) is 0 Å². The molecule has 5 heteroatoms. The molecular formula is C10H16N4O. The predicted molar refractivity (Wildman–Crippen MR) is 56.0 cm³/mol. The topological polar surface area (TPSA) is 72.9 Å². The van der Waals surface area contributed by atoms with E-state index in [1.165, 1.54) is 0 Å². The van der Waals surface area contributed by atoms with Crippen molar-refractivity contribution in [1.29, 1.82) is 0 Å². The van der Waals surface area contributed by atoms with E-state index in [1.54, 1.807) is 12.5 Å². The van der Waals surface area contributed by atoms with Crippen molar-refractivity contribution in [3.8, 4) is 0 Å². The molecule has 1 saturated heterocycles. The first kappa shape index (κ1) is 10.2. The van der Waals surface area contributed by atoms with Gasteiger partial charge in [-0.3, -0.25) is 4.79 Å². The van der Waals surface area contributed by atoms with E-state index in [1.807, 2.05) is 11.5 Å². The molecule has 1 aliphatic heterocycles. The number of nitrogens with two attached hydrogens (primary N) is 1. The average molecular weight is 208 g/mol. The van der Waals surface area contributed by atoms with Crippen LogP contribution in [0.25, 0.3) is 0 Å². The molecule has 1 aromatic rings. The second-order valence-corrected chi connectivity index (χ2v) is 3.85. The summed E-state index contributed by atoms with van der Waals surface area (Å²) < 4.78 is 2.01. The predicted octanol–water partition coefficient (Wildman–Crippen LogP) is 0.181. The Kier molecular flexibility index (Phi) is 2.73. The Morgan fingerprint density at radius 3 is 3.27 bits per heavy atom. The molecule has 0 bridgehead atoms. The van der Waals surface area contributed by atoms with E-state index in [0.29, 0.717) is 6.42 Å². The average Bonchev–Trinajstić information content (AvgIpc) is 2.69. The van der Waals surface area contributed by atoms with Gasteiger partial charge in [-0.05, 0) is 13.3 Å². The zero-order valence-electron chi connectivity index (χ0n) is 8.81. The molecule has 0 spiro atoms. The molecule has 0 aromatic carbocycles. The molecule has 1 fully saturated rings. The summed E-state index contributed by atoms with van der Waals surface area (Å²) in [6.07, 6.45) is 4.81. The number of imidazole rings is 1. The van der Waals surface area contributed by atoms with Crippen LogP contribution in [-0.2, 0) is 11.3 Å². The highest BCUT2D eigenvalue weighted by Gasteiger charge is 2.28. The van der Waals surface area contributed by atoms with Gasteiger partial charge in [-0.15, -0.1) is 0 Å². The highest BCUT2D eigenvalue weighted by molar-refractivity contribution is 5.77. The molecule has 1 aromatic heterocycles. The Labute approximate surface area is 88.7 Å². The maximum atomic E-state index is 11.3. The van der Waals surface area contributed by atoms with Gasteiger partial charge in [0, 0.05) is 19.0 Å². The van der Waals surface area contributed by atoms with Gasteiger partial charge in [0.05, 0.1) is 24.3 Å². The fourth-order valence-electron chi connectivity index (χ4n) is 1.96. The van der Waals surface area contributed by atoms with Crippen LogP contribution in [0.5, 0.6) is 0 Å². The Hall–Kier alpha value is -1.36. The third kappa shape index (κ3) is 1.87. The van der Waals surface area contributed by atoms with Crippen molar-refractivity contribution in [2.24, 2.45) is 5.73 Å². The second-order valence-electron chi connectivity index (χ2n) is 3.85. The number of carbonyl (C=O) groups excluding carboxylic acids is 1. The van der Waals surface area contributed by atoms with Crippen LogP contribution in [0.15, 0.2) is 12.5 Å². The molecule has 2 rings (SSSR count). The lowest BCUT2D eigenvalue weighted by Crippen LogP contribution is -2.46. The van der Waals surface area contributed by atoms with Gasteiger partial charge in [0.2, 0.25) is 5.91 Å². The SMILES string of the molecule is CCn1cncc1C1NC(=O)CCC1N. The molecule has 82 valence electrons. The molecular weight excluding hydrogens is 192 g/mol. The normalized spacial score (nSPS) is 26.4. The monoisotopic (exact) mass is 208 g/mol. The van der Waals surface area contributed by atoms with Gasteiger partial charge in [0.25, 0.3) is 0 Å². The second kappa shape index (κ2) is 4.02. The summed E-state index contributed by atoms with van der Waals surface area (Å²) in [6, 6.07) is -0.0987. The zero-order chi connectivity index (χ0) is 10.8. The maximum absolute atomic E-state index is 11.3. The summed E-state index contributed by atoms with van der Waals surface area (Å²) in [6.45, 7) is 2.88. The van der Waals surface area contributed by atoms with Crippen molar-refractivity contribution in [3.05, 3.63) is 18.2 Å². The lowest BCUT2D eigenvalue weighted by atomic mass is 9.96. The number of piperidine rings is 1. The number of hydrogen-bond donors (Lipinski definition) is 2. The molecule has 0 radical (unpaired) electrons. The van der Waals surface area contributed by atoms with Gasteiger partial charge in [0.1, 0.15) is 0 Å². The fraction of sp³-hybridized carbons (Fsp3) is 0.600. The van der Waals surface area contributed by atoms with Crippen molar-refractivity contribution < 1.29 is 4.79 Å². The van der Waals surface area contributed by atoms with E-state index in [9.17, 15) is 4.79 Å². The number of nitrogens with one attached hydrogen (secondary N) is 1. The van der Waals surface area contributed by atoms with Gasteiger partial charge in [-0.25, -0.2) is 4.98 Å². The third-order valence-electron chi connectivity index (χ3n) is 2.85. The van der Waals surface area contributed by atoms with Crippen molar-refractivity contribution in [2.75, 3.05) is 0 Å². The van der Waals surface area contributed by atoms with Crippen LogP contribution in [-0.4, -0.2) is 21.5 Å². The highest BCUT2D eigenvalue weighted by atomic mass is 16.1. The fourth-order valence-corrected chi connectivity index (χ4v) is 1.96. The molecule has 1 amide bonds. The molecule has 15 heavy (non-hydrogen) atoms. The Balaban J connectivity index is 2.24.